The molecule has 5 heteroatoms. The summed E-state index contributed by atoms with van der Waals surface area (Å²) in [5.74, 6) is 0.265. The number of rotatable bonds is 6. The van der Waals surface area contributed by atoms with Crippen molar-refractivity contribution in [3.8, 4) is 11.8 Å². The number of esters is 1. The fourth-order valence-electron chi connectivity index (χ4n) is 1.57. The molecule has 102 valence electrons. The summed E-state index contributed by atoms with van der Waals surface area (Å²) < 4.78 is 9.97. The first kappa shape index (κ1) is 15.0. The van der Waals surface area contributed by atoms with Gasteiger partial charge in [0.05, 0.1) is 19.3 Å². The van der Waals surface area contributed by atoms with E-state index in [4.69, 9.17) is 14.7 Å². The standard InChI is InChI=1S/C14H18N2O3/c1-4-19-14(17)10(2)16-9-11-5-6-13(18-3)12(7-11)8-15/h5-7,10,16H,4,9H2,1-3H3. The van der Waals surface area contributed by atoms with Crippen LogP contribution in [0.4, 0.5) is 0 Å². The number of benzene rings is 1. The fraction of sp³-hybridized carbons (Fsp3) is 0.429. The zero-order chi connectivity index (χ0) is 14.3. The summed E-state index contributed by atoms with van der Waals surface area (Å²) in [6.45, 7) is 4.37. The van der Waals surface area contributed by atoms with Crippen LogP contribution < -0.4 is 10.1 Å². The summed E-state index contributed by atoms with van der Waals surface area (Å²) in [5, 5.41) is 12.0. The van der Waals surface area contributed by atoms with Gasteiger partial charge in [0.15, 0.2) is 0 Å². The van der Waals surface area contributed by atoms with E-state index >= 15 is 0 Å². The van der Waals surface area contributed by atoms with Gasteiger partial charge in [0, 0.05) is 6.54 Å². The topological polar surface area (TPSA) is 71.3 Å². The van der Waals surface area contributed by atoms with E-state index in [-0.39, 0.29) is 12.0 Å². The minimum absolute atomic E-state index is 0.281. The number of nitrogens with zero attached hydrogens (tertiary/aromatic N) is 1. The van der Waals surface area contributed by atoms with Crippen LogP contribution in [0.3, 0.4) is 0 Å². The molecule has 0 radical (unpaired) electrons. The largest absolute Gasteiger partial charge is 0.495 e. The summed E-state index contributed by atoms with van der Waals surface area (Å²) >= 11 is 0. The molecule has 0 aliphatic heterocycles. The van der Waals surface area contributed by atoms with Crippen LogP contribution in [0.2, 0.25) is 0 Å². The first-order chi connectivity index (χ1) is 9.12. The number of hydrogen-bond acceptors (Lipinski definition) is 5. The Balaban J connectivity index is 2.64. The molecule has 1 aromatic rings. The van der Waals surface area contributed by atoms with E-state index in [9.17, 15) is 4.79 Å². The van der Waals surface area contributed by atoms with Crippen LogP contribution in [0.5, 0.6) is 5.75 Å². The zero-order valence-electron chi connectivity index (χ0n) is 11.4. The van der Waals surface area contributed by atoms with Crippen molar-refractivity contribution < 1.29 is 14.3 Å². The first-order valence-electron chi connectivity index (χ1n) is 6.09. The Morgan fingerprint density at radius 2 is 2.26 bits per heavy atom. The van der Waals surface area contributed by atoms with E-state index in [1.54, 1.807) is 26.0 Å². The third-order valence-electron chi connectivity index (χ3n) is 2.64. The van der Waals surface area contributed by atoms with Crippen LogP contribution in [0.15, 0.2) is 18.2 Å². The minimum atomic E-state index is -0.382. The van der Waals surface area contributed by atoms with Crippen molar-refractivity contribution in [2.75, 3.05) is 13.7 Å². The average molecular weight is 262 g/mol. The molecule has 0 amide bonds. The molecule has 19 heavy (non-hydrogen) atoms. The third kappa shape index (κ3) is 4.27. The van der Waals surface area contributed by atoms with E-state index in [1.165, 1.54) is 7.11 Å². The van der Waals surface area contributed by atoms with Crippen LogP contribution in [0.1, 0.15) is 25.0 Å². The van der Waals surface area contributed by atoms with Gasteiger partial charge in [-0.05, 0) is 31.5 Å². The van der Waals surface area contributed by atoms with Gasteiger partial charge in [0.25, 0.3) is 0 Å². The van der Waals surface area contributed by atoms with E-state index < -0.39 is 0 Å². The van der Waals surface area contributed by atoms with E-state index in [0.717, 1.165) is 5.56 Å². The van der Waals surface area contributed by atoms with Gasteiger partial charge in [-0.3, -0.25) is 4.79 Å². The maximum atomic E-state index is 11.4. The Morgan fingerprint density at radius 3 is 2.84 bits per heavy atom. The molecule has 1 atom stereocenters. The Hall–Kier alpha value is -2.06. The molecule has 0 saturated carbocycles. The van der Waals surface area contributed by atoms with Crippen molar-refractivity contribution in [2.24, 2.45) is 0 Å². The monoisotopic (exact) mass is 262 g/mol. The van der Waals surface area contributed by atoms with Crippen molar-refractivity contribution in [2.45, 2.75) is 26.4 Å². The molecule has 0 bridgehead atoms. The molecular formula is C14H18N2O3. The lowest BCUT2D eigenvalue weighted by Gasteiger charge is -2.13. The maximum Gasteiger partial charge on any atom is 0.322 e. The van der Waals surface area contributed by atoms with Crippen molar-refractivity contribution in [1.82, 2.24) is 5.32 Å². The predicted molar refractivity (Wildman–Crippen MR) is 70.6 cm³/mol. The van der Waals surface area contributed by atoms with Crippen molar-refractivity contribution >= 4 is 5.97 Å². The molecule has 0 fully saturated rings. The van der Waals surface area contributed by atoms with Gasteiger partial charge >= 0.3 is 5.97 Å². The second-order valence-corrected chi connectivity index (χ2v) is 4.00. The summed E-state index contributed by atoms with van der Waals surface area (Å²) in [7, 11) is 1.52. The van der Waals surface area contributed by atoms with Crippen molar-refractivity contribution in [1.29, 1.82) is 5.26 Å². The Morgan fingerprint density at radius 1 is 1.53 bits per heavy atom. The highest BCUT2D eigenvalue weighted by Gasteiger charge is 2.13. The Labute approximate surface area is 113 Å². The highest BCUT2D eigenvalue weighted by molar-refractivity contribution is 5.75. The van der Waals surface area contributed by atoms with Crippen molar-refractivity contribution in [3.05, 3.63) is 29.3 Å². The Kier molecular flexibility index (Phi) is 5.83. The lowest BCUT2D eigenvalue weighted by Crippen LogP contribution is -2.34. The second-order valence-electron chi connectivity index (χ2n) is 4.00. The fourth-order valence-corrected chi connectivity index (χ4v) is 1.57. The minimum Gasteiger partial charge on any atom is -0.495 e. The Bertz CT molecular complexity index is 480. The quantitative estimate of drug-likeness (QED) is 0.788. The highest BCUT2D eigenvalue weighted by Crippen LogP contribution is 2.18. The van der Waals surface area contributed by atoms with E-state index in [1.807, 2.05) is 6.07 Å². The van der Waals surface area contributed by atoms with Gasteiger partial charge in [-0.2, -0.15) is 5.26 Å². The van der Waals surface area contributed by atoms with Gasteiger partial charge in [-0.25, -0.2) is 0 Å². The molecule has 1 N–H and O–H groups in total. The first-order valence-corrected chi connectivity index (χ1v) is 6.09. The van der Waals surface area contributed by atoms with Crippen LogP contribution in [0.25, 0.3) is 0 Å². The number of nitriles is 1. The molecule has 0 aliphatic rings. The van der Waals surface area contributed by atoms with Crippen LogP contribution in [0, 0.1) is 11.3 Å². The molecule has 0 spiro atoms. The number of methoxy groups -OCH3 is 1. The van der Waals surface area contributed by atoms with Crippen LogP contribution in [-0.4, -0.2) is 25.7 Å². The molecule has 1 aromatic carbocycles. The molecule has 0 aromatic heterocycles. The van der Waals surface area contributed by atoms with Crippen LogP contribution >= 0.6 is 0 Å². The molecule has 1 rings (SSSR count). The third-order valence-corrected chi connectivity index (χ3v) is 2.64. The lowest BCUT2D eigenvalue weighted by atomic mass is 10.1. The maximum absolute atomic E-state index is 11.4. The highest BCUT2D eigenvalue weighted by atomic mass is 16.5. The zero-order valence-corrected chi connectivity index (χ0v) is 11.4. The molecule has 0 heterocycles. The SMILES string of the molecule is CCOC(=O)C(C)NCc1ccc(OC)c(C#N)c1. The number of nitrogens with one attached hydrogen (secondary N) is 1. The average Bonchev–Trinajstić information content (AvgIpc) is 2.44. The number of carbonyl (C=O) groups is 1. The smallest absolute Gasteiger partial charge is 0.322 e. The number of hydrogen-bond donors (Lipinski definition) is 1. The van der Waals surface area contributed by atoms with E-state index in [2.05, 4.69) is 11.4 Å². The van der Waals surface area contributed by atoms with E-state index in [0.29, 0.717) is 24.5 Å². The molecular weight excluding hydrogens is 244 g/mol. The molecule has 0 aliphatic carbocycles. The molecule has 0 saturated heterocycles. The van der Waals surface area contributed by atoms with Gasteiger partial charge in [0.1, 0.15) is 17.9 Å². The second kappa shape index (κ2) is 7.39. The summed E-state index contributed by atoms with van der Waals surface area (Å²) in [4.78, 5) is 11.4. The summed E-state index contributed by atoms with van der Waals surface area (Å²) in [5.41, 5.74) is 1.39. The van der Waals surface area contributed by atoms with Gasteiger partial charge in [-0.1, -0.05) is 6.07 Å². The number of ether oxygens (including phenoxy) is 2. The van der Waals surface area contributed by atoms with Gasteiger partial charge in [-0.15, -0.1) is 0 Å². The lowest BCUT2D eigenvalue weighted by molar-refractivity contribution is -0.145. The van der Waals surface area contributed by atoms with Crippen LogP contribution in [-0.2, 0) is 16.1 Å². The van der Waals surface area contributed by atoms with Crippen molar-refractivity contribution in [3.63, 3.8) is 0 Å². The number of carbonyl (C=O) groups excluding carboxylic acids is 1. The predicted octanol–water partition coefficient (Wildman–Crippen LogP) is 1.61. The molecule has 5 nitrogen and oxygen atoms in total. The summed E-state index contributed by atoms with van der Waals surface area (Å²) in [6.07, 6.45) is 0. The molecule has 1 unspecified atom stereocenters. The van der Waals surface area contributed by atoms with Gasteiger partial charge < -0.3 is 14.8 Å². The summed E-state index contributed by atoms with van der Waals surface area (Å²) in [6, 6.07) is 7.02. The van der Waals surface area contributed by atoms with Gasteiger partial charge in [0.2, 0.25) is 0 Å². The normalized spacial score (nSPS) is 11.5.